The maximum atomic E-state index is 13.0. The first kappa shape index (κ1) is 23.9. The number of aryl methyl sites for hydroxylation is 2. The Kier molecular flexibility index (Phi) is 6.89. The first-order valence-corrected chi connectivity index (χ1v) is 12.7. The van der Waals surface area contributed by atoms with Crippen LogP contribution in [0.2, 0.25) is 0 Å². The molecule has 1 unspecified atom stereocenters. The number of anilines is 1. The average molecular weight is 484 g/mol. The van der Waals surface area contributed by atoms with Crippen LogP contribution in [0.4, 0.5) is 5.82 Å². The van der Waals surface area contributed by atoms with Gasteiger partial charge in [-0.3, -0.25) is 4.79 Å². The minimum Gasteiger partial charge on any atom is -0.494 e. The molecule has 4 aromatic rings. The predicted octanol–water partition coefficient (Wildman–Crippen LogP) is 4.94. The van der Waals surface area contributed by atoms with Gasteiger partial charge in [0.2, 0.25) is 5.91 Å². The van der Waals surface area contributed by atoms with Crippen molar-refractivity contribution in [2.45, 2.75) is 40.2 Å². The molecule has 1 atom stereocenters. The molecule has 1 aliphatic rings. The monoisotopic (exact) mass is 483 g/mol. The van der Waals surface area contributed by atoms with Gasteiger partial charge in [0.05, 0.1) is 18.2 Å². The number of rotatable bonds is 7. The Hall–Kier alpha value is -3.87. The first-order chi connectivity index (χ1) is 17.5. The molecular formula is C29H33N5O2. The normalized spacial score (nSPS) is 15.8. The fourth-order valence-corrected chi connectivity index (χ4v) is 4.97. The molecule has 1 fully saturated rings. The van der Waals surface area contributed by atoms with Crippen molar-refractivity contribution in [3.8, 4) is 17.0 Å². The van der Waals surface area contributed by atoms with Gasteiger partial charge in [0.15, 0.2) is 5.82 Å². The van der Waals surface area contributed by atoms with Crippen LogP contribution in [0.25, 0.3) is 16.8 Å². The molecule has 0 bridgehead atoms. The zero-order valence-electron chi connectivity index (χ0n) is 21.2. The summed E-state index contributed by atoms with van der Waals surface area (Å²) in [5.41, 5.74) is 6.52. The highest BCUT2D eigenvalue weighted by molar-refractivity contribution is 5.81. The molecule has 2 aromatic heterocycles. The number of hydrogen-bond donors (Lipinski definition) is 1. The van der Waals surface area contributed by atoms with E-state index in [9.17, 15) is 4.79 Å². The highest BCUT2D eigenvalue weighted by atomic mass is 16.5. The summed E-state index contributed by atoms with van der Waals surface area (Å²) in [6, 6.07) is 16.4. The lowest BCUT2D eigenvalue weighted by Crippen LogP contribution is -2.43. The van der Waals surface area contributed by atoms with Gasteiger partial charge in [0, 0.05) is 37.6 Å². The second kappa shape index (κ2) is 10.4. The van der Waals surface area contributed by atoms with Gasteiger partial charge in [-0.25, -0.2) is 9.50 Å². The summed E-state index contributed by atoms with van der Waals surface area (Å²) >= 11 is 0. The molecule has 36 heavy (non-hydrogen) atoms. The van der Waals surface area contributed by atoms with Crippen molar-refractivity contribution in [2.24, 2.45) is 5.92 Å². The second-order valence-electron chi connectivity index (χ2n) is 9.51. The van der Waals surface area contributed by atoms with Gasteiger partial charge >= 0.3 is 0 Å². The van der Waals surface area contributed by atoms with E-state index in [1.165, 1.54) is 11.1 Å². The number of ether oxygens (including phenoxy) is 1. The molecule has 1 amide bonds. The summed E-state index contributed by atoms with van der Waals surface area (Å²) in [4.78, 5) is 20.0. The number of nitrogens with one attached hydrogen (secondary N) is 1. The molecule has 5 rings (SSSR count). The quantitative estimate of drug-likeness (QED) is 0.403. The lowest BCUT2D eigenvalue weighted by molar-refractivity contribution is -0.125. The summed E-state index contributed by atoms with van der Waals surface area (Å²) in [5.74, 6) is 1.73. The van der Waals surface area contributed by atoms with Crippen LogP contribution in [-0.2, 0) is 11.3 Å². The third-order valence-corrected chi connectivity index (χ3v) is 6.82. The van der Waals surface area contributed by atoms with Gasteiger partial charge in [-0.05, 0) is 62.9 Å². The minimum absolute atomic E-state index is 0.0785. The van der Waals surface area contributed by atoms with Crippen LogP contribution in [0.1, 0.15) is 36.5 Å². The van der Waals surface area contributed by atoms with Crippen molar-refractivity contribution in [2.75, 3.05) is 24.6 Å². The Morgan fingerprint density at radius 2 is 1.97 bits per heavy atom. The first-order valence-electron chi connectivity index (χ1n) is 12.7. The summed E-state index contributed by atoms with van der Waals surface area (Å²) in [6.07, 6.45) is 5.50. The summed E-state index contributed by atoms with van der Waals surface area (Å²) in [5, 5.41) is 7.95. The van der Waals surface area contributed by atoms with E-state index in [2.05, 4.69) is 48.3 Å². The zero-order valence-corrected chi connectivity index (χ0v) is 21.2. The summed E-state index contributed by atoms with van der Waals surface area (Å²) in [7, 11) is 0. The van der Waals surface area contributed by atoms with Crippen molar-refractivity contribution in [3.63, 3.8) is 0 Å². The van der Waals surface area contributed by atoms with Crippen molar-refractivity contribution in [1.82, 2.24) is 19.9 Å². The van der Waals surface area contributed by atoms with Crippen LogP contribution in [-0.4, -0.2) is 40.2 Å². The van der Waals surface area contributed by atoms with Gasteiger partial charge in [-0.15, -0.1) is 0 Å². The maximum Gasteiger partial charge on any atom is 0.225 e. The number of amides is 1. The van der Waals surface area contributed by atoms with Crippen molar-refractivity contribution in [3.05, 3.63) is 77.6 Å². The highest BCUT2D eigenvalue weighted by Gasteiger charge is 2.28. The second-order valence-corrected chi connectivity index (χ2v) is 9.51. The minimum atomic E-state index is -0.0785. The number of nitrogens with zero attached hydrogens (tertiary/aromatic N) is 4. The molecule has 1 aliphatic heterocycles. The Morgan fingerprint density at radius 3 is 2.75 bits per heavy atom. The Labute approximate surface area is 212 Å². The number of carbonyl (C=O) groups is 1. The molecule has 0 radical (unpaired) electrons. The Morgan fingerprint density at radius 1 is 1.14 bits per heavy atom. The smallest absolute Gasteiger partial charge is 0.225 e. The zero-order chi connectivity index (χ0) is 25.1. The van der Waals surface area contributed by atoms with Gasteiger partial charge in [-0.2, -0.15) is 5.10 Å². The van der Waals surface area contributed by atoms with Crippen LogP contribution < -0.4 is 15.0 Å². The van der Waals surface area contributed by atoms with Crippen LogP contribution in [0, 0.1) is 19.8 Å². The Balaban J connectivity index is 1.29. The molecule has 186 valence electrons. The van der Waals surface area contributed by atoms with Crippen LogP contribution in [0.3, 0.4) is 0 Å². The molecule has 0 saturated carbocycles. The number of piperidine rings is 1. The standard InChI is InChI=1S/C29H33N5O2/c1-4-36-24-10-8-22(9-11-24)18-31-29(35)23-6-5-14-33(19-23)28-27-17-26(32-34(27)15-13-30-28)25-12-7-20(2)16-21(25)3/h7-13,15-17,23H,4-6,14,18-19H2,1-3H3,(H,31,35). The predicted molar refractivity (Wildman–Crippen MR) is 142 cm³/mol. The molecule has 0 spiro atoms. The van der Waals surface area contributed by atoms with Crippen molar-refractivity contribution >= 4 is 17.2 Å². The maximum absolute atomic E-state index is 13.0. The van der Waals surface area contributed by atoms with E-state index in [0.717, 1.165) is 53.3 Å². The molecule has 0 aliphatic carbocycles. The number of fused-ring (bicyclic) bond motifs is 1. The lowest BCUT2D eigenvalue weighted by Gasteiger charge is -2.33. The highest BCUT2D eigenvalue weighted by Crippen LogP contribution is 2.30. The number of benzene rings is 2. The van der Waals surface area contributed by atoms with Gasteiger partial charge in [0.25, 0.3) is 0 Å². The van der Waals surface area contributed by atoms with Crippen LogP contribution in [0.5, 0.6) is 5.75 Å². The molecule has 1 saturated heterocycles. The Bertz CT molecular complexity index is 1360. The topological polar surface area (TPSA) is 71.8 Å². The van der Waals surface area contributed by atoms with E-state index < -0.39 is 0 Å². The number of carbonyl (C=O) groups excluding carboxylic acids is 1. The van der Waals surface area contributed by atoms with E-state index in [1.54, 1.807) is 6.20 Å². The van der Waals surface area contributed by atoms with E-state index in [1.807, 2.05) is 41.9 Å². The lowest BCUT2D eigenvalue weighted by atomic mass is 9.97. The van der Waals surface area contributed by atoms with Gasteiger partial charge in [-0.1, -0.05) is 35.9 Å². The number of aromatic nitrogens is 3. The van der Waals surface area contributed by atoms with E-state index in [4.69, 9.17) is 14.8 Å². The summed E-state index contributed by atoms with van der Waals surface area (Å²) < 4.78 is 7.39. The molecule has 7 nitrogen and oxygen atoms in total. The number of hydrogen-bond acceptors (Lipinski definition) is 5. The SMILES string of the molecule is CCOc1ccc(CNC(=O)C2CCCN(c3nccn4nc(-c5ccc(C)cc5C)cc34)C2)cc1. The van der Waals surface area contributed by atoms with Crippen LogP contribution >= 0.6 is 0 Å². The van der Waals surface area contributed by atoms with E-state index in [-0.39, 0.29) is 11.8 Å². The van der Waals surface area contributed by atoms with Gasteiger partial charge in [0.1, 0.15) is 11.3 Å². The van der Waals surface area contributed by atoms with Crippen molar-refractivity contribution < 1.29 is 9.53 Å². The average Bonchev–Trinajstić information content (AvgIpc) is 3.32. The van der Waals surface area contributed by atoms with Crippen LogP contribution in [0.15, 0.2) is 60.9 Å². The fraction of sp³-hybridized carbons (Fsp3) is 0.345. The fourth-order valence-electron chi connectivity index (χ4n) is 4.97. The van der Waals surface area contributed by atoms with Gasteiger partial charge < -0.3 is 15.0 Å². The van der Waals surface area contributed by atoms with E-state index >= 15 is 0 Å². The molecule has 7 heteroatoms. The van der Waals surface area contributed by atoms with E-state index in [0.29, 0.717) is 19.7 Å². The van der Waals surface area contributed by atoms with Crippen molar-refractivity contribution in [1.29, 1.82) is 0 Å². The summed E-state index contributed by atoms with van der Waals surface area (Å²) in [6.45, 7) is 8.86. The molecule has 3 heterocycles. The largest absolute Gasteiger partial charge is 0.494 e. The molecule has 2 aromatic carbocycles. The molecule has 1 N–H and O–H groups in total. The molecular weight excluding hydrogens is 450 g/mol. The third kappa shape index (κ3) is 5.05. The third-order valence-electron chi connectivity index (χ3n) is 6.82.